The Balaban J connectivity index is 2.19. The highest BCUT2D eigenvalue weighted by atomic mass is 32.2. The van der Waals surface area contributed by atoms with Gasteiger partial charge in [-0.25, -0.2) is 0 Å². The van der Waals surface area contributed by atoms with Gasteiger partial charge in [0.25, 0.3) is 17.1 Å². The Hall–Kier alpha value is -3.20. The normalized spacial score (nSPS) is 10.1. The van der Waals surface area contributed by atoms with Crippen molar-refractivity contribution in [3.63, 3.8) is 0 Å². The molecule has 8 nitrogen and oxygen atoms in total. The van der Waals surface area contributed by atoms with Gasteiger partial charge in [-0.15, -0.1) is 0 Å². The lowest BCUT2D eigenvalue weighted by Gasteiger charge is -2.14. The molecule has 0 aromatic heterocycles. The first-order valence-corrected chi connectivity index (χ1v) is 9.02. The summed E-state index contributed by atoms with van der Waals surface area (Å²) in [6, 6.07) is 11.6. The molecule has 0 bridgehead atoms. The summed E-state index contributed by atoms with van der Waals surface area (Å²) in [5, 5.41) is 2.64. The van der Waals surface area contributed by atoms with Crippen LogP contribution in [0.1, 0.15) is 10.4 Å². The van der Waals surface area contributed by atoms with E-state index in [2.05, 4.69) is 5.32 Å². The van der Waals surface area contributed by atoms with Crippen molar-refractivity contribution in [2.24, 2.45) is 5.73 Å². The number of nitrogens with zero attached hydrogens (tertiary/aromatic N) is 1. The molecule has 148 valence electrons. The number of methoxy groups -OCH3 is 1. The minimum absolute atomic E-state index is 0.153. The van der Waals surface area contributed by atoms with Gasteiger partial charge in [0, 0.05) is 24.6 Å². The number of anilines is 1. The Bertz CT molecular complexity index is 886. The summed E-state index contributed by atoms with van der Waals surface area (Å²) in [6.07, 6.45) is 0. The number of rotatable bonds is 7. The standard InChI is InChI=1S/C19H21N3O5S/c1-22(2)19(25)28-16-7-5-4-6-13(16)21-18(24)12-8-9-14(15(10-12)26-3)27-11-17(20)23/h4-10H,11H2,1-3H3,(H2,20,23)(H,21,24). The molecular formula is C19H21N3O5S. The number of primary amides is 1. The quantitative estimate of drug-likeness (QED) is 0.688. The zero-order valence-corrected chi connectivity index (χ0v) is 16.5. The van der Waals surface area contributed by atoms with Crippen LogP contribution in [-0.2, 0) is 4.79 Å². The molecule has 0 atom stereocenters. The van der Waals surface area contributed by atoms with Gasteiger partial charge in [0.2, 0.25) is 0 Å². The predicted molar refractivity (Wildman–Crippen MR) is 107 cm³/mol. The van der Waals surface area contributed by atoms with Crippen LogP contribution in [0.25, 0.3) is 0 Å². The van der Waals surface area contributed by atoms with Crippen molar-refractivity contribution < 1.29 is 23.9 Å². The molecule has 0 unspecified atom stereocenters. The number of hydrogen-bond donors (Lipinski definition) is 2. The van der Waals surface area contributed by atoms with Gasteiger partial charge in [-0.3, -0.25) is 14.4 Å². The van der Waals surface area contributed by atoms with Gasteiger partial charge in [0.15, 0.2) is 18.1 Å². The van der Waals surface area contributed by atoms with Crippen molar-refractivity contribution >= 4 is 34.5 Å². The van der Waals surface area contributed by atoms with E-state index in [0.29, 0.717) is 27.6 Å². The topological polar surface area (TPSA) is 111 Å². The van der Waals surface area contributed by atoms with Gasteiger partial charge in [0.05, 0.1) is 12.8 Å². The van der Waals surface area contributed by atoms with Gasteiger partial charge in [-0.05, 0) is 42.1 Å². The fourth-order valence-electron chi connectivity index (χ4n) is 2.12. The van der Waals surface area contributed by atoms with E-state index in [9.17, 15) is 14.4 Å². The largest absolute Gasteiger partial charge is 0.493 e. The lowest BCUT2D eigenvalue weighted by Crippen LogP contribution is -2.20. The van der Waals surface area contributed by atoms with Crippen molar-refractivity contribution in [2.45, 2.75) is 4.90 Å². The number of nitrogens with two attached hydrogens (primary N) is 1. The van der Waals surface area contributed by atoms with E-state index in [1.165, 1.54) is 30.2 Å². The van der Waals surface area contributed by atoms with Crippen LogP contribution in [0.2, 0.25) is 0 Å². The lowest BCUT2D eigenvalue weighted by molar-refractivity contribution is -0.119. The van der Waals surface area contributed by atoms with Crippen LogP contribution in [0, 0.1) is 0 Å². The van der Waals surface area contributed by atoms with Gasteiger partial charge in [-0.2, -0.15) is 0 Å². The number of nitrogens with one attached hydrogen (secondary N) is 1. The second-order valence-electron chi connectivity index (χ2n) is 5.83. The fraction of sp³-hybridized carbons (Fsp3) is 0.211. The Morgan fingerprint density at radius 3 is 2.46 bits per heavy atom. The summed E-state index contributed by atoms with van der Waals surface area (Å²) >= 11 is 1.02. The zero-order chi connectivity index (χ0) is 20.7. The van der Waals surface area contributed by atoms with E-state index >= 15 is 0 Å². The summed E-state index contributed by atoms with van der Waals surface area (Å²) in [6.45, 7) is -0.299. The van der Waals surface area contributed by atoms with E-state index in [4.69, 9.17) is 15.2 Å². The summed E-state index contributed by atoms with van der Waals surface area (Å²) < 4.78 is 10.5. The number of carbonyl (C=O) groups excluding carboxylic acids is 3. The number of carbonyl (C=O) groups is 3. The van der Waals surface area contributed by atoms with Gasteiger partial charge < -0.3 is 25.4 Å². The number of para-hydroxylation sites is 1. The summed E-state index contributed by atoms with van der Waals surface area (Å²) in [7, 11) is 4.74. The molecule has 0 saturated heterocycles. The molecular weight excluding hydrogens is 382 g/mol. The molecule has 0 saturated carbocycles. The van der Waals surface area contributed by atoms with E-state index < -0.39 is 5.91 Å². The summed E-state index contributed by atoms with van der Waals surface area (Å²) in [5.41, 5.74) is 5.90. The van der Waals surface area contributed by atoms with Crippen molar-refractivity contribution in [3.8, 4) is 11.5 Å². The van der Waals surface area contributed by atoms with Crippen molar-refractivity contribution in [1.29, 1.82) is 0 Å². The molecule has 9 heteroatoms. The Morgan fingerprint density at radius 2 is 1.82 bits per heavy atom. The maximum absolute atomic E-state index is 12.6. The highest BCUT2D eigenvalue weighted by Crippen LogP contribution is 2.31. The third-order valence-corrected chi connectivity index (χ3v) is 4.61. The highest BCUT2D eigenvalue weighted by molar-refractivity contribution is 8.13. The van der Waals surface area contributed by atoms with E-state index in [1.54, 1.807) is 38.4 Å². The van der Waals surface area contributed by atoms with Crippen LogP contribution < -0.4 is 20.5 Å². The maximum Gasteiger partial charge on any atom is 0.286 e. The molecule has 2 aromatic carbocycles. The van der Waals surface area contributed by atoms with Crippen molar-refractivity contribution in [2.75, 3.05) is 33.1 Å². The fourth-order valence-corrected chi connectivity index (χ4v) is 2.86. The van der Waals surface area contributed by atoms with Crippen LogP contribution in [0.3, 0.4) is 0 Å². The Morgan fingerprint density at radius 1 is 1.11 bits per heavy atom. The van der Waals surface area contributed by atoms with Crippen LogP contribution in [0.4, 0.5) is 10.5 Å². The van der Waals surface area contributed by atoms with Crippen LogP contribution in [0.5, 0.6) is 11.5 Å². The third-order valence-electron chi connectivity index (χ3n) is 3.49. The number of hydrogen-bond acceptors (Lipinski definition) is 6. The Labute approximate surface area is 167 Å². The minimum Gasteiger partial charge on any atom is -0.493 e. The predicted octanol–water partition coefficient (Wildman–Crippen LogP) is 2.59. The molecule has 3 N–H and O–H groups in total. The monoisotopic (exact) mass is 403 g/mol. The van der Waals surface area contributed by atoms with E-state index in [-0.39, 0.29) is 17.8 Å². The summed E-state index contributed by atoms with van der Waals surface area (Å²) in [4.78, 5) is 37.6. The first kappa shape index (κ1) is 21.1. The molecule has 28 heavy (non-hydrogen) atoms. The molecule has 0 fully saturated rings. The molecule has 0 aliphatic carbocycles. The number of ether oxygens (including phenoxy) is 2. The molecule has 0 aliphatic rings. The number of thioether (sulfide) groups is 1. The maximum atomic E-state index is 12.6. The smallest absolute Gasteiger partial charge is 0.286 e. The molecule has 0 spiro atoms. The second kappa shape index (κ2) is 9.65. The first-order valence-electron chi connectivity index (χ1n) is 8.20. The number of benzene rings is 2. The Kier molecular flexibility index (Phi) is 7.28. The first-order chi connectivity index (χ1) is 13.3. The van der Waals surface area contributed by atoms with Gasteiger partial charge >= 0.3 is 0 Å². The molecule has 0 radical (unpaired) electrons. The van der Waals surface area contributed by atoms with Crippen LogP contribution in [0.15, 0.2) is 47.4 Å². The SMILES string of the molecule is COc1cc(C(=O)Nc2ccccc2SC(=O)N(C)C)ccc1OCC(N)=O. The van der Waals surface area contributed by atoms with Gasteiger partial charge in [0.1, 0.15) is 0 Å². The molecule has 0 heterocycles. The van der Waals surface area contributed by atoms with Crippen molar-refractivity contribution in [3.05, 3.63) is 48.0 Å². The average molecular weight is 403 g/mol. The minimum atomic E-state index is -0.620. The lowest BCUT2D eigenvalue weighted by atomic mass is 10.2. The second-order valence-corrected chi connectivity index (χ2v) is 6.83. The molecule has 0 aliphatic heterocycles. The van der Waals surface area contributed by atoms with Crippen LogP contribution in [-0.4, -0.2) is 49.8 Å². The van der Waals surface area contributed by atoms with E-state index in [1.807, 2.05) is 0 Å². The average Bonchev–Trinajstić information content (AvgIpc) is 2.67. The summed E-state index contributed by atoms with van der Waals surface area (Å²) in [5.74, 6) is -0.417. The molecule has 2 rings (SSSR count). The van der Waals surface area contributed by atoms with Crippen molar-refractivity contribution in [1.82, 2.24) is 4.90 Å². The molecule has 3 amide bonds. The zero-order valence-electron chi connectivity index (χ0n) is 15.7. The third kappa shape index (κ3) is 5.65. The van der Waals surface area contributed by atoms with Crippen LogP contribution >= 0.6 is 11.8 Å². The molecule has 2 aromatic rings. The highest BCUT2D eigenvalue weighted by Gasteiger charge is 2.15. The van der Waals surface area contributed by atoms with E-state index in [0.717, 1.165) is 11.8 Å². The van der Waals surface area contributed by atoms with Gasteiger partial charge in [-0.1, -0.05) is 12.1 Å². The number of amides is 3.